The number of amides is 1. The van der Waals surface area contributed by atoms with Crippen LogP contribution in [0, 0.1) is 5.92 Å². The van der Waals surface area contributed by atoms with Crippen molar-refractivity contribution in [1.82, 2.24) is 9.78 Å². The maximum Gasteiger partial charge on any atom is 0.309 e. The fraction of sp³-hybridized carbons (Fsp3) is 0.207. The van der Waals surface area contributed by atoms with Gasteiger partial charge in [0, 0.05) is 18.2 Å². The molecule has 184 valence electrons. The van der Waals surface area contributed by atoms with Gasteiger partial charge in [-0.1, -0.05) is 44.2 Å². The van der Waals surface area contributed by atoms with Crippen molar-refractivity contribution in [3.63, 3.8) is 0 Å². The zero-order chi connectivity index (χ0) is 25.7. The molecule has 0 atom stereocenters. The van der Waals surface area contributed by atoms with E-state index in [1.807, 2.05) is 54.6 Å². The predicted octanol–water partition coefficient (Wildman–Crippen LogP) is 5.92. The topological polar surface area (TPSA) is 82.4 Å². The van der Waals surface area contributed by atoms with E-state index in [9.17, 15) is 9.59 Å². The Balaban J connectivity index is 1.69. The van der Waals surface area contributed by atoms with E-state index in [1.54, 1.807) is 36.1 Å². The van der Waals surface area contributed by atoms with Crippen molar-refractivity contribution in [1.29, 1.82) is 0 Å². The van der Waals surface area contributed by atoms with Gasteiger partial charge in [0.05, 0.1) is 24.1 Å². The zero-order valence-electron chi connectivity index (χ0n) is 20.8. The minimum absolute atomic E-state index is 0.219. The lowest BCUT2D eigenvalue weighted by atomic mass is 9.99. The van der Waals surface area contributed by atoms with Gasteiger partial charge in [-0.25, -0.2) is 0 Å². The number of ether oxygens (including phenoxy) is 2. The van der Waals surface area contributed by atoms with Gasteiger partial charge in [0.15, 0.2) is 0 Å². The Bertz CT molecular complexity index is 1340. The van der Waals surface area contributed by atoms with Gasteiger partial charge in [0.2, 0.25) is 5.88 Å². The Kier molecular flexibility index (Phi) is 7.49. The quantitative estimate of drug-likeness (QED) is 0.314. The molecule has 0 unspecified atom stereocenters. The average Bonchev–Trinajstić information content (AvgIpc) is 3.21. The van der Waals surface area contributed by atoms with Gasteiger partial charge >= 0.3 is 5.97 Å². The third kappa shape index (κ3) is 5.63. The van der Waals surface area contributed by atoms with Crippen molar-refractivity contribution >= 4 is 17.6 Å². The number of anilines is 1. The Morgan fingerprint density at radius 2 is 1.61 bits per heavy atom. The number of esters is 1. The van der Waals surface area contributed by atoms with Crippen molar-refractivity contribution in [2.45, 2.75) is 27.2 Å². The van der Waals surface area contributed by atoms with E-state index < -0.39 is 5.97 Å². The highest BCUT2D eigenvalue weighted by molar-refractivity contribution is 6.04. The second kappa shape index (κ2) is 10.9. The summed E-state index contributed by atoms with van der Waals surface area (Å²) in [7, 11) is 1.58. The van der Waals surface area contributed by atoms with Crippen molar-refractivity contribution in [2.24, 2.45) is 5.92 Å². The van der Waals surface area contributed by atoms with Crippen LogP contribution in [0.5, 0.6) is 11.6 Å². The van der Waals surface area contributed by atoms with Crippen LogP contribution in [0.15, 0.2) is 78.9 Å². The first-order valence-corrected chi connectivity index (χ1v) is 11.8. The second-order valence-electron chi connectivity index (χ2n) is 8.83. The van der Waals surface area contributed by atoms with E-state index in [0.717, 1.165) is 22.5 Å². The number of benzene rings is 3. The van der Waals surface area contributed by atoms with Crippen LogP contribution in [0.3, 0.4) is 0 Å². The molecule has 0 saturated carbocycles. The molecule has 4 rings (SSSR count). The van der Waals surface area contributed by atoms with Gasteiger partial charge in [-0.2, -0.15) is 9.78 Å². The maximum absolute atomic E-state index is 12.7. The molecule has 3 aromatic carbocycles. The average molecular weight is 484 g/mol. The summed E-state index contributed by atoms with van der Waals surface area (Å²) in [6.07, 6.45) is 0.708. The van der Waals surface area contributed by atoms with Gasteiger partial charge < -0.3 is 14.8 Å². The molecule has 0 aliphatic heterocycles. The van der Waals surface area contributed by atoms with Crippen LogP contribution in [0.1, 0.15) is 36.8 Å². The van der Waals surface area contributed by atoms with Gasteiger partial charge in [0.1, 0.15) is 5.75 Å². The van der Waals surface area contributed by atoms with E-state index in [-0.39, 0.29) is 5.91 Å². The largest absolute Gasteiger partial charge is 0.497 e. The summed E-state index contributed by atoms with van der Waals surface area (Å²) in [6, 6.07) is 23.9. The standard InChI is InChI=1S/C29H29N3O4/c1-19(2)18-26-27(29(36-20(3)33)32(31-26)24-8-6-5-7-9-24)21-10-14-23(15-11-21)30-28(34)22-12-16-25(35-4)17-13-22/h5-17,19H,18H2,1-4H3,(H,30,34). The SMILES string of the molecule is COc1ccc(C(=O)Nc2ccc(-c3c(CC(C)C)nn(-c4ccccc4)c3OC(C)=O)cc2)cc1. The van der Waals surface area contributed by atoms with E-state index >= 15 is 0 Å². The summed E-state index contributed by atoms with van der Waals surface area (Å²) in [5.41, 5.74) is 4.41. The summed E-state index contributed by atoms with van der Waals surface area (Å²) in [5.74, 6) is 0.763. The molecule has 0 fully saturated rings. The number of carbonyl (C=O) groups is 2. The number of carbonyl (C=O) groups excluding carboxylic acids is 2. The van der Waals surface area contributed by atoms with Crippen LogP contribution in [0.25, 0.3) is 16.8 Å². The molecule has 1 N–H and O–H groups in total. The first-order valence-electron chi connectivity index (χ1n) is 11.8. The van der Waals surface area contributed by atoms with E-state index in [2.05, 4.69) is 19.2 Å². The molecule has 0 aliphatic carbocycles. The summed E-state index contributed by atoms with van der Waals surface area (Å²) >= 11 is 0. The Morgan fingerprint density at radius 1 is 0.944 bits per heavy atom. The predicted molar refractivity (Wildman–Crippen MR) is 140 cm³/mol. The van der Waals surface area contributed by atoms with E-state index in [0.29, 0.717) is 35.2 Å². The molecule has 4 aromatic rings. The first kappa shape index (κ1) is 24.7. The molecule has 7 nitrogen and oxygen atoms in total. The van der Waals surface area contributed by atoms with Crippen LogP contribution in [-0.2, 0) is 11.2 Å². The minimum Gasteiger partial charge on any atom is -0.497 e. The Labute approximate surface area is 210 Å². The second-order valence-corrected chi connectivity index (χ2v) is 8.83. The summed E-state index contributed by atoms with van der Waals surface area (Å²) < 4.78 is 12.5. The highest BCUT2D eigenvalue weighted by atomic mass is 16.5. The molecule has 0 bridgehead atoms. The van der Waals surface area contributed by atoms with Gasteiger partial charge in [-0.3, -0.25) is 9.59 Å². The molecular formula is C29H29N3O4. The first-order chi connectivity index (χ1) is 17.4. The van der Waals surface area contributed by atoms with Crippen LogP contribution >= 0.6 is 0 Å². The lowest BCUT2D eigenvalue weighted by Gasteiger charge is -2.11. The summed E-state index contributed by atoms with van der Waals surface area (Å²) in [6.45, 7) is 5.62. The number of hydrogen-bond donors (Lipinski definition) is 1. The lowest BCUT2D eigenvalue weighted by molar-refractivity contribution is -0.132. The Hall–Kier alpha value is -4.39. The number of rotatable bonds is 8. The number of methoxy groups -OCH3 is 1. The molecular weight excluding hydrogens is 454 g/mol. The minimum atomic E-state index is -0.423. The van der Waals surface area contributed by atoms with Crippen molar-refractivity contribution < 1.29 is 19.1 Å². The van der Waals surface area contributed by atoms with Gasteiger partial charge in [-0.05, 0) is 66.4 Å². The third-order valence-corrected chi connectivity index (χ3v) is 5.54. The van der Waals surface area contributed by atoms with Crippen molar-refractivity contribution in [2.75, 3.05) is 12.4 Å². The van der Waals surface area contributed by atoms with Crippen molar-refractivity contribution in [3.05, 3.63) is 90.1 Å². The van der Waals surface area contributed by atoms with E-state index in [4.69, 9.17) is 14.6 Å². The lowest BCUT2D eigenvalue weighted by Crippen LogP contribution is -2.11. The monoisotopic (exact) mass is 483 g/mol. The number of para-hydroxylation sites is 1. The molecule has 1 amide bonds. The summed E-state index contributed by atoms with van der Waals surface area (Å²) in [5, 5.41) is 7.75. The van der Waals surface area contributed by atoms with Crippen LogP contribution in [0.2, 0.25) is 0 Å². The van der Waals surface area contributed by atoms with Crippen LogP contribution in [-0.4, -0.2) is 28.8 Å². The smallest absolute Gasteiger partial charge is 0.309 e. The third-order valence-electron chi connectivity index (χ3n) is 5.54. The molecule has 1 aromatic heterocycles. The number of hydrogen-bond acceptors (Lipinski definition) is 5. The van der Waals surface area contributed by atoms with Crippen LogP contribution < -0.4 is 14.8 Å². The molecule has 0 saturated heterocycles. The van der Waals surface area contributed by atoms with Gasteiger partial charge in [0.25, 0.3) is 5.91 Å². The number of nitrogens with zero attached hydrogens (tertiary/aromatic N) is 2. The van der Waals surface area contributed by atoms with Gasteiger partial charge in [-0.15, -0.1) is 0 Å². The molecule has 1 heterocycles. The number of nitrogens with one attached hydrogen (secondary N) is 1. The Morgan fingerprint density at radius 3 is 2.19 bits per heavy atom. The molecule has 0 spiro atoms. The highest BCUT2D eigenvalue weighted by Gasteiger charge is 2.24. The fourth-order valence-electron chi connectivity index (χ4n) is 3.91. The molecule has 0 radical (unpaired) electrons. The molecule has 0 aliphatic rings. The fourth-order valence-corrected chi connectivity index (χ4v) is 3.91. The summed E-state index contributed by atoms with van der Waals surface area (Å²) in [4.78, 5) is 24.7. The van der Waals surface area contributed by atoms with Crippen LogP contribution in [0.4, 0.5) is 5.69 Å². The van der Waals surface area contributed by atoms with E-state index in [1.165, 1.54) is 6.92 Å². The molecule has 36 heavy (non-hydrogen) atoms. The molecule has 7 heteroatoms. The van der Waals surface area contributed by atoms with Crippen molar-refractivity contribution in [3.8, 4) is 28.4 Å². The number of aromatic nitrogens is 2. The highest BCUT2D eigenvalue weighted by Crippen LogP contribution is 2.37. The maximum atomic E-state index is 12.7. The normalized spacial score (nSPS) is 10.8. The zero-order valence-corrected chi connectivity index (χ0v) is 20.8.